The van der Waals surface area contributed by atoms with Gasteiger partial charge in [0, 0.05) is 51.0 Å². The lowest BCUT2D eigenvalue weighted by molar-refractivity contribution is 0.282. The lowest BCUT2D eigenvalue weighted by Crippen LogP contribution is -2.42. The van der Waals surface area contributed by atoms with Crippen LogP contribution in [-0.2, 0) is 6.54 Å². The van der Waals surface area contributed by atoms with E-state index in [-0.39, 0.29) is 0 Å². The number of aryl methyl sites for hydroxylation is 1. The zero-order valence-electron chi connectivity index (χ0n) is 15.5. The molecule has 1 saturated carbocycles. The van der Waals surface area contributed by atoms with Crippen molar-refractivity contribution >= 4 is 16.9 Å². The normalized spacial score (nSPS) is 15.1. The molecule has 25 heavy (non-hydrogen) atoms. The molecule has 1 aromatic heterocycles. The first-order valence-corrected chi connectivity index (χ1v) is 9.54. The maximum atomic E-state index is 4.32. The number of aliphatic imine (C=N–C) groups is 1. The summed E-state index contributed by atoms with van der Waals surface area (Å²) >= 11 is 0. The number of aromatic nitrogens is 1. The number of hydrogen-bond acceptors (Lipinski definition) is 2. The van der Waals surface area contributed by atoms with Gasteiger partial charge in [0.25, 0.3) is 0 Å². The standard InChI is InChI=1S/C20H31N5/c1-3-24(18-9-10-18)16-13-23-20(21-2)22-12-6-14-25-15-11-17-7-4-5-8-19(17)25/h4-5,7-8,11,15,18H,3,6,9-10,12-14,16H2,1-2H3,(H2,21,22,23). The second-order valence-corrected chi connectivity index (χ2v) is 6.71. The number of hydrogen-bond donors (Lipinski definition) is 2. The Morgan fingerprint density at radius 1 is 1.20 bits per heavy atom. The third-order valence-corrected chi connectivity index (χ3v) is 4.93. The van der Waals surface area contributed by atoms with E-state index in [4.69, 9.17) is 0 Å². The first-order valence-electron chi connectivity index (χ1n) is 9.54. The third kappa shape index (κ3) is 4.98. The van der Waals surface area contributed by atoms with Crippen molar-refractivity contribution in [1.29, 1.82) is 0 Å². The van der Waals surface area contributed by atoms with Gasteiger partial charge in [-0.25, -0.2) is 0 Å². The number of nitrogens with one attached hydrogen (secondary N) is 2. The summed E-state index contributed by atoms with van der Waals surface area (Å²) in [5.74, 6) is 0.907. The fourth-order valence-corrected chi connectivity index (χ4v) is 3.37. The molecule has 0 radical (unpaired) electrons. The molecule has 0 amide bonds. The lowest BCUT2D eigenvalue weighted by Gasteiger charge is -2.20. The predicted molar refractivity (Wildman–Crippen MR) is 106 cm³/mol. The first kappa shape index (κ1) is 17.8. The van der Waals surface area contributed by atoms with E-state index in [1.54, 1.807) is 0 Å². The van der Waals surface area contributed by atoms with Crippen molar-refractivity contribution in [3.63, 3.8) is 0 Å². The van der Waals surface area contributed by atoms with Gasteiger partial charge in [-0.05, 0) is 43.3 Å². The van der Waals surface area contributed by atoms with Crippen molar-refractivity contribution in [3.8, 4) is 0 Å². The Bertz CT molecular complexity index is 686. The molecule has 0 aliphatic heterocycles. The van der Waals surface area contributed by atoms with Crippen LogP contribution in [0.3, 0.4) is 0 Å². The Kier molecular flexibility index (Phi) is 6.34. The molecule has 0 unspecified atom stereocenters. The molecular weight excluding hydrogens is 310 g/mol. The highest BCUT2D eigenvalue weighted by Gasteiger charge is 2.27. The van der Waals surface area contributed by atoms with Gasteiger partial charge in [0.2, 0.25) is 0 Å². The highest BCUT2D eigenvalue weighted by Crippen LogP contribution is 2.25. The fraction of sp³-hybridized carbons (Fsp3) is 0.550. The minimum Gasteiger partial charge on any atom is -0.356 e. The SMILES string of the molecule is CCN(CCNC(=NC)NCCCn1ccc2ccccc21)C1CC1. The van der Waals surface area contributed by atoms with E-state index in [2.05, 4.69) is 68.5 Å². The van der Waals surface area contributed by atoms with Crippen LogP contribution in [-0.4, -0.2) is 54.7 Å². The average Bonchev–Trinajstić information content (AvgIpc) is 3.41. The zero-order valence-corrected chi connectivity index (χ0v) is 15.5. The highest BCUT2D eigenvalue weighted by atomic mass is 15.2. The van der Waals surface area contributed by atoms with Gasteiger partial charge in [0.15, 0.2) is 5.96 Å². The van der Waals surface area contributed by atoms with Gasteiger partial charge < -0.3 is 15.2 Å². The van der Waals surface area contributed by atoms with Gasteiger partial charge in [0.1, 0.15) is 0 Å². The number of guanidine groups is 1. The molecule has 136 valence electrons. The first-order chi connectivity index (χ1) is 12.3. The fourth-order valence-electron chi connectivity index (χ4n) is 3.37. The van der Waals surface area contributed by atoms with E-state index in [0.29, 0.717) is 0 Å². The smallest absolute Gasteiger partial charge is 0.191 e. The molecule has 0 atom stereocenters. The Morgan fingerprint density at radius 2 is 2.00 bits per heavy atom. The summed E-state index contributed by atoms with van der Waals surface area (Å²) in [6, 6.07) is 11.6. The second-order valence-electron chi connectivity index (χ2n) is 6.71. The van der Waals surface area contributed by atoms with Crippen LogP contribution in [0, 0.1) is 0 Å². The van der Waals surface area contributed by atoms with Gasteiger partial charge in [-0.2, -0.15) is 0 Å². The van der Waals surface area contributed by atoms with E-state index in [1.165, 1.54) is 23.7 Å². The van der Waals surface area contributed by atoms with Crippen molar-refractivity contribution in [3.05, 3.63) is 36.5 Å². The van der Waals surface area contributed by atoms with Crippen molar-refractivity contribution in [2.75, 3.05) is 33.2 Å². The third-order valence-electron chi connectivity index (χ3n) is 4.93. The molecular formula is C20H31N5. The molecule has 1 heterocycles. The number of nitrogens with zero attached hydrogens (tertiary/aromatic N) is 3. The minimum atomic E-state index is 0.832. The van der Waals surface area contributed by atoms with Crippen LogP contribution >= 0.6 is 0 Å². The monoisotopic (exact) mass is 341 g/mol. The predicted octanol–water partition coefficient (Wildman–Crippen LogP) is 2.68. The molecule has 0 bridgehead atoms. The van der Waals surface area contributed by atoms with Gasteiger partial charge >= 0.3 is 0 Å². The number of benzene rings is 1. The molecule has 0 saturated heterocycles. The van der Waals surface area contributed by atoms with E-state index in [9.17, 15) is 0 Å². The van der Waals surface area contributed by atoms with E-state index >= 15 is 0 Å². The average molecular weight is 342 g/mol. The molecule has 1 aromatic carbocycles. The molecule has 1 aliphatic carbocycles. The molecule has 2 N–H and O–H groups in total. The Morgan fingerprint density at radius 3 is 2.76 bits per heavy atom. The van der Waals surface area contributed by atoms with Crippen LogP contribution < -0.4 is 10.6 Å². The summed E-state index contributed by atoms with van der Waals surface area (Å²) < 4.78 is 2.32. The molecule has 2 aromatic rings. The Balaban J connectivity index is 1.35. The summed E-state index contributed by atoms with van der Waals surface area (Å²) in [7, 11) is 1.84. The van der Waals surface area contributed by atoms with Crippen LogP contribution in [0.4, 0.5) is 0 Å². The summed E-state index contributed by atoms with van der Waals surface area (Å²) in [4.78, 5) is 6.88. The maximum Gasteiger partial charge on any atom is 0.191 e. The highest BCUT2D eigenvalue weighted by molar-refractivity contribution is 5.80. The van der Waals surface area contributed by atoms with Crippen molar-refractivity contribution in [1.82, 2.24) is 20.1 Å². The van der Waals surface area contributed by atoms with E-state index < -0.39 is 0 Å². The van der Waals surface area contributed by atoms with Crippen molar-refractivity contribution < 1.29 is 0 Å². The lowest BCUT2D eigenvalue weighted by atomic mass is 10.2. The van der Waals surface area contributed by atoms with Gasteiger partial charge in [0.05, 0.1) is 0 Å². The maximum absolute atomic E-state index is 4.32. The minimum absolute atomic E-state index is 0.832. The van der Waals surface area contributed by atoms with Crippen LogP contribution in [0.15, 0.2) is 41.5 Å². The van der Waals surface area contributed by atoms with Crippen LogP contribution in [0.1, 0.15) is 26.2 Å². The van der Waals surface area contributed by atoms with Crippen molar-refractivity contribution in [2.45, 2.75) is 38.8 Å². The van der Waals surface area contributed by atoms with Gasteiger partial charge in [-0.1, -0.05) is 25.1 Å². The van der Waals surface area contributed by atoms with Crippen molar-refractivity contribution in [2.24, 2.45) is 4.99 Å². The molecule has 5 nitrogen and oxygen atoms in total. The van der Waals surface area contributed by atoms with Crippen LogP contribution in [0.25, 0.3) is 10.9 Å². The number of likely N-dealkylation sites (N-methyl/N-ethyl adjacent to an activating group) is 1. The summed E-state index contributed by atoms with van der Waals surface area (Å²) in [6.07, 6.45) is 5.99. The molecule has 3 rings (SSSR count). The topological polar surface area (TPSA) is 44.6 Å². The molecule has 1 aliphatic rings. The van der Waals surface area contributed by atoms with Crippen LogP contribution in [0.5, 0.6) is 0 Å². The summed E-state index contributed by atoms with van der Waals surface area (Å²) in [6.45, 7) is 7.37. The molecule has 0 spiro atoms. The van der Waals surface area contributed by atoms with Gasteiger partial charge in [-0.15, -0.1) is 0 Å². The van der Waals surface area contributed by atoms with Gasteiger partial charge in [-0.3, -0.25) is 9.89 Å². The van der Waals surface area contributed by atoms with E-state index in [0.717, 1.165) is 51.1 Å². The number of fused-ring (bicyclic) bond motifs is 1. The largest absolute Gasteiger partial charge is 0.356 e. The zero-order chi connectivity index (χ0) is 17.5. The number of rotatable bonds is 9. The quantitative estimate of drug-likeness (QED) is 0.419. The van der Waals surface area contributed by atoms with E-state index in [1.807, 2.05) is 7.05 Å². The molecule has 1 fully saturated rings. The summed E-state index contributed by atoms with van der Waals surface area (Å²) in [5, 5.41) is 8.16. The Labute approximate surface area is 151 Å². The summed E-state index contributed by atoms with van der Waals surface area (Å²) in [5.41, 5.74) is 1.31. The van der Waals surface area contributed by atoms with Crippen LogP contribution in [0.2, 0.25) is 0 Å². The number of para-hydroxylation sites is 1. The Hall–Kier alpha value is -2.01. The molecule has 5 heteroatoms. The second kappa shape index (κ2) is 8.90.